The number of thioether (sulfide) groups is 1. The van der Waals surface area contributed by atoms with Gasteiger partial charge in [0, 0.05) is 19.4 Å². The van der Waals surface area contributed by atoms with Crippen LogP contribution in [-0.4, -0.2) is 45.7 Å². The number of hydrogen-bond donors (Lipinski definition) is 0. The molecule has 1 aromatic rings. The summed E-state index contributed by atoms with van der Waals surface area (Å²) in [5.41, 5.74) is 1.69. The standard InChI is InChI=1S/C22H27NO4S2/c1-4-27-21(28)29-13-18(26)23-10-9-14-7-5-6-8-15(14)20(23)19-16(24)11-22(2,3)12-17(19)25/h5-8,19-20H,4,9-13H2,1-3H3/t20-/m1/s1. The molecule has 5 nitrogen and oxygen atoms in total. The second-order valence-corrected chi connectivity index (χ2v) is 9.96. The number of carbonyl (C=O) groups excluding carboxylic acids is 3. The van der Waals surface area contributed by atoms with Crippen molar-refractivity contribution in [2.45, 2.75) is 46.1 Å². The number of Topliss-reactive ketones (excluding diaryl/α,β-unsaturated/α-hetero) is 2. The highest BCUT2D eigenvalue weighted by atomic mass is 32.2. The molecule has 0 aromatic heterocycles. The van der Waals surface area contributed by atoms with Crippen molar-refractivity contribution in [2.24, 2.45) is 11.3 Å². The summed E-state index contributed by atoms with van der Waals surface area (Å²) >= 11 is 6.30. The summed E-state index contributed by atoms with van der Waals surface area (Å²) in [7, 11) is 0. The van der Waals surface area contributed by atoms with Gasteiger partial charge < -0.3 is 9.64 Å². The van der Waals surface area contributed by atoms with E-state index in [1.54, 1.807) is 4.90 Å². The first-order valence-corrected chi connectivity index (χ1v) is 11.3. The number of rotatable bonds is 4. The minimum Gasteiger partial charge on any atom is -0.479 e. The van der Waals surface area contributed by atoms with Crippen LogP contribution in [0.25, 0.3) is 0 Å². The monoisotopic (exact) mass is 433 g/mol. The highest BCUT2D eigenvalue weighted by Crippen LogP contribution is 2.43. The lowest BCUT2D eigenvalue weighted by Crippen LogP contribution is -2.50. The van der Waals surface area contributed by atoms with Gasteiger partial charge in [-0.05, 0) is 42.1 Å². The molecule has 1 atom stereocenters. The minimum atomic E-state index is -0.794. The Morgan fingerprint density at radius 3 is 2.55 bits per heavy atom. The predicted octanol–water partition coefficient (Wildman–Crippen LogP) is 3.74. The molecule has 0 radical (unpaired) electrons. The van der Waals surface area contributed by atoms with Crippen LogP contribution < -0.4 is 0 Å². The van der Waals surface area contributed by atoms with Crippen LogP contribution in [0, 0.1) is 11.3 Å². The number of ether oxygens (including phenoxy) is 1. The maximum absolute atomic E-state index is 13.1. The van der Waals surface area contributed by atoms with Gasteiger partial charge in [0.1, 0.15) is 17.5 Å². The van der Waals surface area contributed by atoms with E-state index in [4.69, 9.17) is 17.0 Å². The molecular formula is C22H27NO4S2. The van der Waals surface area contributed by atoms with Crippen LogP contribution in [-0.2, 0) is 25.5 Å². The fraction of sp³-hybridized carbons (Fsp3) is 0.545. The molecule has 1 amide bonds. The van der Waals surface area contributed by atoms with Gasteiger partial charge in [0.25, 0.3) is 0 Å². The molecule has 2 aliphatic rings. The van der Waals surface area contributed by atoms with Crippen molar-refractivity contribution < 1.29 is 19.1 Å². The Labute approximate surface area is 181 Å². The van der Waals surface area contributed by atoms with E-state index in [0.29, 0.717) is 36.8 Å². The number of benzene rings is 1. The van der Waals surface area contributed by atoms with Crippen LogP contribution in [0.1, 0.15) is 50.8 Å². The number of amides is 1. The van der Waals surface area contributed by atoms with E-state index in [9.17, 15) is 14.4 Å². The van der Waals surface area contributed by atoms with Gasteiger partial charge in [-0.15, -0.1) is 0 Å². The van der Waals surface area contributed by atoms with Gasteiger partial charge in [-0.1, -0.05) is 49.9 Å². The third-order valence-electron chi connectivity index (χ3n) is 5.54. The lowest BCUT2D eigenvalue weighted by atomic mass is 9.67. The molecule has 1 aromatic carbocycles. The van der Waals surface area contributed by atoms with Gasteiger partial charge in [-0.25, -0.2) is 0 Å². The molecule has 1 aliphatic carbocycles. The maximum atomic E-state index is 13.1. The second kappa shape index (κ2) is 8.96. The number of fused-ring (bicyclic) bond motifs is 1. The summed E-state index contributed by atoms with van der Waals surface area (Å²) in [6, 6.07) is 7.28. The third-order valence-corrected chi connectivity index (χ3v) is 6.76. The molecule has 3 rings (SSSR count). The van der Waals surface area contributed by atoms with E-state index in [2.05, 4.69) is 0 Å². The van der Waals surface area contributed by atoms with Gasteiger partial charge in [0.05, 0.1) is 18.4 Å². The molecule has 1 aliphatic heterocycles. The Balaban J connectivity index is 1.90. The van der Waals surface area contributed by atoms with Gasteiger partial charge in [-0.3, -0.25) is 14.4 Å². The Kier molecular flexibility index (Phi) is 6.79. The molecule has 156 valence electrons. The lowest BCUT2D eigenvalue weighted by molar-refractivity contribution is -0.146. The normalized spacial score (nSPS) is 21.6. The minimum absolute atomic E-state index is 0.0664. The van der Waals surface area contributed by atoms with Gasteiger partial charge >= 0.3 is 0 Å². The maximum Gasteiger partial charge on any atom is 0.233 e. The summed E-state index contributed by atoms with van der Waals surface area (Å²) in [5, 5.41) is 0. The average Bonchev–Trinajstić information content (AvgIpc) is 2.65. The number of nitrogens with zero attached hydrogens (tertiary/aromatic N) is 1. The molecule has 7 heteroatoms. The Morgan fingerprint density at radius 2 is 1.90 bits per heavy atom. The highest BCUT2D eigenvalue weighted by molar-refractivity contribution is 8.23. The summed E-state index contributed by atoms with van der Waals surface area (Å²) < 4.78 is 5.59. The van der Waals surface area contributed by atoms with Crippen molar-refractivity contribution in [3.8, 4) is 0 Å². The number of carbonyl (C=O) groups is 3. The molecule has 0 bridgehead atoms. The van der Waals surface area contributed by atoms with Crippen molar-refractivity contribution in [2.75, 3.05) is 18.9 Å². The zero-order valence-electron chi connectivity index (χ0n) is 17.1. The topological polar surface area (TPSA) is 63.7 Å². The quantitative estimate of drug-likeness (QED) is 0.532. The largest absolute Gasteiger partial charge is 0.479 e. The SMILES string of the molecule is CCOC(=S)SCC(=O)N1CCc2ccccc2[C@@H]1C1C(=O)CC(C)(C)CC1=O. The fourth-order valence-corrected chi connectivity index (χ4v) is 5.26. The predicted molar refractivity (Wildman–Crippen MR) is 118 cm³/mol. The Hall–Kier alpha value is -1.73. The van der Waals surface area contributed by atoms with Crippen molar-refractivity contribution in [3.05, 3.63) is 35.4 Å². The van der Waals surface area contributed by atoms with Gasteiger partial charge in [-0.2, -0.15) is 0 Å². The fourth-order valence-electron chi connectivity index (χ4n) is 4.36. The molecule has 0 N–H and O–H groups in total. The molecule has 0 saturated heterocycles. The summed E-state index contributed by atoms with van der Waals surface area (Å²) in [6.45, 7) is 6.68. The summed E-state index contributed by atoms with van der Waals surface area (Å²) in [6.07, 6.45) is 1.42. The number of ketones is 2. The Morgan fingerprint density at radius 1 is 1.24 bits per heavy atom. The number of thiocarbonyl (C=S) groups is 1. The molecule has 0 unspecified atom stereocenters. The zero-order valence-corrected chi connectivity index (χ0v) is 18.7. The molecule has 0 spiro atoms. The molecule has 1 heterocycles. The van der Waals surface area contributed by atoms with Gasteiger partial charge in [0.2, 0.25) is 10.3 Å². The molecular weight excluding hydrogens is 406 g/mol. The van der Waals surface area contributed by atoms with Crippen LogP contribution in [0.3, 0.4) is 0 Å². The highest BCUT2D eigenvalue weighted by Gasteiger charge is 2.48. The first kappa shape index (κ1) is 22.0. The van der Waals surface area contributed by atoms with Gasteiger partial charge in [0.15, 0.2) is 0 Å². The Bertz CT molecular complexity index is 816. The van der Waals surface area contributed by atoms with Crippen LogP contribution in [0.5, 0.6) is 0 Å². The van der Waals surface area contributed by atoms with Crippen LogP contribution in [0.4, 0.5) is 0 Å². The average molecular weight is 434 g/mol. The summed E-state index contributed by atoms with van der Waals surface area (Å²) in [4.78, 5) is 40.9. The van der Waals surface area contributed by atoms with Crippen LogP contribution >= 0.6 is 24.0 Å². The van der Waals surface area contributed by atoms with E-state index >= 15 is 0 Å². The van der Waals surface area contributed by atoms with Crippen LogP contribution in [0.2, 0.25) is 0 Å². The molecule has 29 heavy (non-hydrogen) atoms. The number of hydrogen-bond acceptors (Lipinski definition) is 6. The van der Waals surface area contributed by atoms with Crippen LogP contribution in [0.15, 0.2) is 24.3 Å². The van der Waals surface area contributed by atoms with Crippen molar-refractivity contribution in [3.63, 3.8) is 0 Å². The van der Waals surface area contributed by atoms with E-state index in [1.807, 2.05) is 45.0 Å². The molecule has 1 saturated carbocycles. The first-order valence-electron chi connectivity index (χ1n) is 9.96. The van der Waals surface area contributed by atoms with E-state index in [0.717, 1.165) is 11.1 Å². The smallest absolute Gasteiger partial charge is 0.233 e. The van der Waals surface area contributed by atoms with E-state index in [-0.39, 0.29) is 28.6 Å². The van der Waals surface area contributed by atoms with E-state index in [1.165, 1.54) is 11.8 Å². The van der Waals surface area contributed by atoms with Crippen molar-refractivity contribution in [1.29, 1.82) is 0 Å². The summed E-state index contributed by atoms with van der Waals surface area (Å²) in [5.74, 6) is -0.913. The third kappa shape index (κ3) is 4.89. The lowest BCUT2D eigenvalue weighted by Gasteiger charge is -2.43. The van der Waals surface area contributed by atoms with E-state index < -0.39 is 12.0 Å². The molecule has 1 fully saturated rings. The van der Waals surface area contributed by atoms with Crippen molar-refractivity contribution >= 4 is 45.8 Å². The van der Waals surface area contributed by atoms with Crippen molar-refractivity contribution in [1.82, 2.24) is 4.90 Å². The second-order valence-electron chi connectivity index (χ2n) is 8.38. The first-order chi connectivity index (χ1) is 13.7. The zero-order chi connectivity index (χ0) is 21.2.